The summed E-state index contributed by atoms with van der Waals surface area (Å²) < 4.78 is 39.3. The number of fused-ring (bicyclic) bond motifs is 1. The van der Waals surface area contributed by atoms with Crippen LogP contribution in [-0.4, -0.2) is 20.1 Å². The zero-order valence-corrected chi connectivity index (χ0v) is 11.6. The van der Waals surface area contributed by atoms with Gasteiger partial charge in [-0.1, -0.05) is 13.3 Å². The molecule has 0 saturated carbocycles. The summed E-state index contributed by atoms with van der Waals surface area (Å²) >= 11 is 0. The average Bonchev–Trinajstić information content (AvgIpc) is 2.72. The topological polar surface area (TPSA) is 42.2 Å². The molecular weight excluding hydrogens is 269 g/mol. The molecule has 0 spiro atoms. The fourth-order valence-electron chi connectivity index (χ4n) is 2.16. The van der Waals surface area contributed by atoms with Gasteiger partial charge < -0.3 is 5.32 Å². The highest BCUT2D eigenvalue weighted by Gasteiger charge is 2.34. The smallest absolute Gasteiger partial charge is 0.363 e. The molecule has 1 N–H and O–H groups in total. The van der Waals surface area contributed by atoms with E-state index in [4.69, 9.17) is 0 Å². The van der Waals surface area contributed by atoms with Gasteiger partial charge in [-0.3, -0.25) is 0 Å². The van der Waals surface area contributed by atoms with Gasteiger partial charge in [0.05, 0.1) is 0 Å². The summed E-state index contributed by atoms with van der Waals surface area (Å²) in [4.78, 5) is 4.13. The molecule has 0 unspecified atom stereocenters. The van der Waals surface area contributed by atoms with E-state index in [2.05, 4.69) is 22.3 Å². The van der Waals surface area contributed by atoms with Gasteiger partial charge in [-0.25, -0.2) is 9.50 Å². The molecule has 2 aromatic heterocycles. The third kappa shape index (κ3) is 3.02. The fraction of sp³-hybridized carbons (Fsp3) is 0.538. The van der Waals surface area contributed by atoms with Gasteiger partial charge in [0.2, 0.25) is 0 Å². The predicted molar refractivity (Wildman–Crippen MR) is 70.6 cm³/mol. The molecule has 7 heteroatoms. The van der Waals surface area contributed by atoms with E-state index in [0.717, 1.165) is 18.9 Å². The van der Waals surface area contributed by atoms with E-state index in [-0.39, 0.29) is 5.54 Å². The molecule has 0 bridgehead atoms. The SMILES string of the molecule is CCCC(C)(C)Nc1nccn2nc(C(F)(F)F)cc12. The second-order valence-corrected chi connectivity index (χ2v) is 5.39. The normalized spacial score (nSPS) is 12.9. The number of hydrogen-bond donors (Lipinski definition) is 1. The van der Waals surface area contributed by atoms with Crippen molar-refractivity contribution in [2.75, 3.05) is 5.32 Å². The van der Waals surface area contributed by atoms with E-state index >= 15 is 0 Å². The Morgan fingerprint density at radius 2 is 2.00 bits per heavy atom. The van der Waals surface area contributed by atoms with Gasteiger partial charge >= 0.3 is 6.18 Å². The number of aromatic nitrogens is 3. The molecule has 2 heterocycles. The maximum atomic E-state index is 12.7. The van der Waals surface area contributed by atoms with Gasteiger partial charge in [0.1, 0.15) is 5.52 Å². The molecule has 0 radical (unpaired) electrons. The highest BCUT2D eigenvalue weighted by Crippen LogP contribution is 2.30. The van der Waals surface area contributed by atoms with Crippen molar-refractivity contribution in [3.05, 3.63) is 24.2 Å². The molecule has 0 amide bonds. The molecule has 0 aromatic carbocycles. The van der Waals surface area contributed by atoms with Gasteiger partial charge in [0.15, 0.2) is 11.5 Å². The lowest BCUT2D eigenvalue weighted by atomic mass is 9.99. The second kappa shape index (κ2) is 4.96. The molecule has 2 aromatic rings. The molecular formula is C13H17F3N4. The number of nitrogens with zero attached hydrogens (tertiary/aromatic N) is 3. The Kier molecular flexibility index (Phi) is 3.62. The van der Waals surface area contributed by atoms with E-state index in [1.165, 1.54) is 16.9 Å². The molecule has 0 aliphatic carbocycles. The number of halogens is 3. The van der Waals surface area contributed by atoms with Crippen LogP contribution in [0, 0.1) is 0 Å². The number of anilines is 1. The van der Waals surface area contributed by atoms with Crippen LogP contribution < -0.4 is 5.32 Å². The Labute approximate surface area is 115 Å². The Morgan fingerprint density at radius 1 is 1.30 bits per heavy atom. The van der Waals surface area contributed by atoms with Crippen molar-refractivity contribution in [3.8, 4) is 0 Å². The van der Waals surface area contributed by atoms with E-state index < -0.39 is 11.9 Å². The zero-order chi connectivity index (χ0) is 15.0. The van der Waals surface area contributed by atoms with Crippen LogP contribution in [0.3, 0.4) is 0 Å². The van der Waals surface area contributed by atoms with Gasteiger partial charge in [-0.2, -0.15) is 18.3 Å². The minimum Gasteiger partial charge on any atom is -0.363 e. The lowest BCUT2D eigenvalue weighted by Crippen LogP contribution is -2.31. The first-order chi connectivity index (χ1) is 9.23. The van der Waals surface area contributed by atoms with E-state index in [1.807, 2.05) is 13.8 Å². The van der Waals surface area contributed by atoms with Gasteiger partial charge in [-0.05, 0) is 20.3 Å². The summed E-state index contributed by atoms with van der Waals surface area (Å²) in [5.41, 5.74) is -0.836. The maximum Gasteiger partial charge on any atom is 0.435 e. The van der Waals surface area contributed by atoms with Crippen LogP contribution in [0.1, 0.15) is 39.3 Å². The van der Waals surface area contributed by atoms with Crippen molar-refractivity contribution < 1.29 is 13.2 Å². The first-order valence-corrected chi connectivity index (χ1v) is 6.43. The van der Waals surface area contributed by atoms with E-state index in [9.17, 15) is 13.2 Å². The second-order valence-electron chi connectivity index (χ2n) is 5.39. The monoisotopic (exact) mass is 286 g/mol. The van der Waals surface area contributed by atoms with Crippen LogP contribution in [0.4, 0.5) is 19.0 Å². The Bertz CT molecular complexity index is 601. The van der Waals surface area contributed by atoms with E-state index in [1.54, 1.807) is 0 Å². The standard InChI is InChI=1S/C13H17F3N4/c1-4-5-12(2,3)18-11-9-8-10(13(14,15)16)19-20(9)7-6-17-11/h6-8H,4-5H2,1-3H3,(H,17,18). The molecule has 0 aliphatic heterocycles. The highest BCUT2D eigenvalue weighted by molar-refractivity contribution is 5.68. The number of nitrogens with one attached hydrogen (secondary N) is 1. The molecule has 110 valence electrons. The minimum atomic E-state index is -4.46. The predicted octanol–water partition coefficient (Wildman–Crippen LogP) is 3.74. The summed E-state index contributed by atoms with van der Waals surface area (Å²) in [5, 5.41) is 6.72. The molecule has 0 aliphatic rings. The van der Waals surface area contributed by atoms with Crippen molar-refractivity contribution in [1.82, 2.24) is 14.6 Å². The zero-order valence-electron chi connectivity index (χ0n) is 11.6. The molecule has 20 heavy (non-hydrogen) atoms. The summed E-state index contributed by atoms with van der Waals surface area (Å²) in [5.74, 6) is 0.411. The van der Waals surface area contributed by atoms with Crippen LogP contribution in [-0.2, 0) is 6.18 Å². The summed E-state index contributed by atoms with van der Waals surface area (Å²) in [6.07, 6.45) is 0.238. The van der Waals surface area contributed by atoms with Crippen molar-refractivity contribution in [2.24, 2.45) is 0 Å². The quantitative estimate of drug-likeness (QED) is 0.931. The third-order valence-electron chi connectivity index (χ3n) is 3.01. The molecule has 0 fully saturated rings. The average molecular weight is 286 g/mol. The number of hydrogen-bond acceptors (Lipinski definition) is 3. The van der Waals surface area contributed by atoms with Gasteiger partial charge in [0.25, 0.3) is 0 Å². The fourth-order valence-corrected chi connectivity index (χ4v) is 2.16. The van der Waals surface area contributed by atoms with Crippen LogP contribution in [0.15, 0.2) is 18.5 Å². The van der Waals surface area contributed by atoms with E-state index in [0.29, 0.717) is 11.3 Å². The van der Waals surface area contributed by atoms with Crippen molar-refractivity contribution in [2.45, 2.75) is 45.3 Å². The van der Waals surface area contributed by atoms with Crippen LogP contribution in [0.5, 0.6) is 0 Å². The van der Waals surface area contributed by atoms with Crippen LogP contribution in [0.25, 0.3) is 5.52 Å². The summed E-state index contributed by atoms with van der Waals surface area (Å²) in [6.45, 7) is 6.03. The first-order valence-electron chi connectivity index (χ1n) is 6.43. The minimum absolute atomic E-state index is 0.244. The summed E-state index contributed by atoms with van der Waals surface area (Å²) in [6, 6.07) is 1.01. The Hall–Kier alpha value is -1.79. The molecule has 0 saturated heterocycles. The first kappa shape index (κ1) is 14.6. The number of alkyl halides is 3. The van der Waals surface area contributed by atoms with Crippen LogP contribution >= 0.6 is 0 Å². The number of rotatable bonds is 4. The maximum absolute atomic E-state index is 12.7. The molecule has 4 nitrogen and oxygen atoms in total. The lowest BCUT2D eigenvalue weighted by molar-refractivity contribution is -0.141. The molecule has 0 atom stereocenters. The van der Waals surface area contributed by atoms with Gasteiger partial charge in [0, 0.05) is 24.0 Å². The van der Waals surface area contributed by atoms with Crippen molar-refractivity contribution in [1.29, 1.82) is 0 Å². The van der Waals surface area contributed by atoms with Crippen molar-refractivity contribution in [3.63, 3.8) is 0 Å². The molecule has 2 rings (SSSR count). The van der Waals surface area contributed by atoms with Crippen LogP contribution in [0.2, 0.25) is 0 Å². The lowest BCUT2D eigenvalue weighted by Gasteiger charge is -2.26. The van der Waals surface area contributed by atoms with Crippen molar-refractivity contribution >= 4 is 11.3 Å². The largest absolute Gasteiger partial charge is 0.435 e. The third-order valence-corrected chi connectivity index (χ3v) is 3.01. The summed E-state index contributed by atoms with van der Waals surface area (Å²) in [7, 11) is 0. The highest BCUT2D eigenvalue weighted by atomic mass is 19.4. The van der Waals surface area contributed by atoms with Gasteiger partial charge in [-0.15, -0.1) is 0 Å². The Morgan fingerprint density at radius 3 is 2.60 bits per heavy atom. The Balaban J connectivity index is 2.42.